The second-order valence-electron chi connectivity index (χ2n) is 14.8. The molecule has 0 radical (unpaired) electrons. The zero-order valence-corrected chi connectivity index (χ0v) is 35.3. The van der Waals surface area contributed by atoms with Gasteiger partial charge in [0.05, 0.1) is 81.5 Å². The first-order chi connectivity index (χ1) is 29.8. The molecule has 1 amide bonds. The number of fused-ring (bicyclic) bond motifs is 1. The number of morpholine rings is 2. The molecule has 63 heavy (non-hydrogen) atoms. The highest BCUT2D eigenvalue weighted by Crippen LogP contribution is 2.48. The smallest absolute Gasteiger partial charge is 0.416 e. The van der Waals surface area contributed by atoms with Crippen molar-refractivity contribution in [3.8, 4) is 34.3 Å². The number of sulfonamides is 1. The normalized spacial score (nSPS) is 15.7. The third kappa shape index (κ3) is 10.3. The number of rotatable bonds is 13. The molecule has 0 unspecified atom stereocenters. The molecule has 15 nitrogen and oxygen atoms in total. The maximum Gasteiger partial charge on any atom is 0.416 e. The minimum Gasteiger partial charge on any atom is -0.496 e. The Morgan fingerprint density at radius 3 is 2.03 bits per heavy atom. The highest BCUT2D eigenvalue weighted by atomic mass is 32.2. The SMILES string of the molecule is COc1c(NC(=O)c2c(-c3cc(C(F)(F)F)cc(CN4CCOCC4)c3OC)c3cccc(Oc4ccnc(CN5CCOCC5)n4)c3n2C)cc(C(F)(F)F)cc1NS(C)(=O)=O. The summed E-state index contributed by atoms with van der Waals surface area (Å²) in [6.07, 6.45) is -7.68. The standard InChI is InChI=1S/C41H43F6N7O8S/c1-52-35-27(6-5-7-31(35)62-33-8-9-48-32(50-33)23-54-12-16-61-17-13-54)34(28-19-25(40(42,43)44)18-24(37(28)58-2)22-53-10-14-60-15-11-53)36(52)39(55)49-29-20-26(41(45,46)47)21-30(38(29)59-3)51-63(4,56)57/h5-9,18-21,51H,10-17,22-23H2,1-4H3,(H,49,55). The van der Waals surface area contributed by atoms with E-state index in [1.54, 1.807) is 18.2 Å². The molecule has 2 aliphatic rings. The number of nitrogens with zero attached hydrogens (tertiary/aromatic N) is 5. The minimum absolute atomic E-state index is 0.00204. The van der Waals surface area contributed by atoms with Crippen molar-refractivity contribution >= 4 is 38.2 Å². The lowest BCUT2D eigenvalue weighted by molar-refractivity contribution is -0.138. The molecule has 5 aromatic rings. The van der Waals surface area contributed by atoms with Crippen LogP contribution in [0.5, 0.6) is 23.1 Å². The van der Waals surface area contributed by atoms with E-state index in [0.717, 1.165) is 19.2 Å². The van der Waals surface area contributed by atoms with Gasteiger partial charge in [0.1, 0.15) is 17.3 Å². The van der Waals surface area contributed by atoms with Crippen molar-refractivity contribution in [1.29, 1.82) is 0 Å². The van der Waals surface area contributed by atoms with Gasteiger partial charge in [-0.2, -0.15) is 31.3 Å². The van der Waals surface area contributed by atoms with Gasteiger partial charge in [0.15, 0.2) is 11.5 Å². The quantitative estimate of drug-likeness (QED) is 0.120. The molecule has 2 fully saturated rings. The van der Waals surface area contributed by atoms with Gasteiger partial charge in [-0.1, -0.05) is 12.1 Å². The minimum atomic E-state index is -5.03. The zero-order valence-electron chi connectivity index (χ0n) is 34.4. The zero-order chi connectivity index (χ0) is 45.3. The van der Waals surface area contributed by atoms with Gasteiger partial charge in [0.2, 0.25) is 15.9 Å². The summed E-state index contributed by atoms with van der Waals surface area (Å²) in [6, 6.07) is 9.07. The maximum absolute atomic E-state index is 14.8. The van der Waals surface area contributed by atoms with Crippen molar-refractivity contribution < 1.29 is 63.2 Å². The fourth-order valence-electron chi connectivity index (χ4n) is 7.64. The Hall–Kier alpha value is -5.68. The van der Waals surface area contributed by atoms with Crippen molar-refractivity contribution in [2.24, 2.45) is 7.05 Å². The molecule has 7 rings (SSSR count). The largest absolute Gasteiger partial charge is 0.496 e. The van der Waals surface area contributed by atoms with E-state index in [1.165, 1.54) is 31.0 Å². The lowest BCUT2D eigenvalue weighted by atomic mass is 9.94. The number of nitrogens with one attached hydrogen (secondary N) is 2. The number of amides is 1. The van der Waals surface area contributed by atoms with Crippen LogP contribution in [-0.2, 0) is 52.0 Å². The molecule has 22 heteroatoms. The summed E-state index contributed by atoms with van der Waals surface area (Å²) in [4.78, 5) is 27.8. The number of anilines is 2. The van der Waals surface area contributed by atoms with Crippen molar-refractivity contribution in [3.05, 3.63) is 82.9 Å². The number of hydrogen-bond acceptors (Lipinski definition) is 12. The number of aromatic nitrogens is 3. The number of carbonyl (C=O) groups excluding carboxylic acids is 1. The number of carbonyl (C=O) groups is 1. The van der Waals surface area contributed by atoms with Gasteiger partial charge >= 0.3 is 12.4 Å². The second-order valence-corrected chi connectivity index (χ2v) is 16.5. The van der Waals surface area contributed by atoms with Gasteiger partial charge in [0.25, 0.3) is 5.91 Å². The van der Waals surface area contributed by atoms with Crippen LogP contribution < -0.4 is 24.2 Å². The number of methoxy groups -OCH3 is 2. The van der Waals surface area contributed by atoms with E-state index in [2.05, 4.69) is 20.2 Å². The number of benzene rings is 3. The van der Waals surface area contributed by atoms with Crippen LogP contribution in [-0.4, -0.2) is 112 Å². The summed E-state index contributed by atoms with van der Waals surface area (Å²) in [5.41, 5.74) is -3.88. The Morgan fingerprint density at radius 2 is 1.43 bits per heavy atom. The first-order valence-corrected chi connectivity index (χ1v) is 21.3. The van der Waals surface area contributed by atoms with Crippen LogP contribution in [0.15, 0.2) is 54.7 Å². The molecule has 0 atom stereocenters. The Labute approximate surface area is 357 Å². The van der Waals surface area contributed by atoms with Gasteiger partial charge in [-0.25, -0.2) is 13.4 Å². The van der Waals surface area contributed by atoms with Crippen LogP contribution in [0.3, 0.4) is 0 Å². The highest BCUT2D eigenvalue weighted by molar-refractivity contribution is 7.92. The molecular weight excluding hydrogens is 865 g/mol. The van der Waals surface area contributed by atoms with Crippen LogP contribution in [0, 0.1) is 0 Å². The van der Waals surface area contributed by atoms with E-state index in [-0.39, 0.29) is 57.2 Å². The third-order valence-electron chi connectivity index (χ3n) is 10.4. The van der Waals surface area contributed by atoms with Gasteiger partial charge in [-0.15, -0.1) is 0 Å². The molecule has 2 aromatic heterocycles. The van der Waals surface area contributed by atoms with E-state index in [4.69, 9.17) is 23.7 Å². The number of ether oxygens (including phenoxy) is 5. The topological polar surface area (TPSA) is 159 Å². The monoisotopic (exact) mass is 907 g/mol. The van der Waals surface area contributed by atoms with E-state index in [1.807, 2.05) is 9.62 Å². The lowest BCUT2D eigenvalue weighted by Gasteiger charge is -2.28. The average molecular weight is 908 g/mol. The highest BCUT2D eigenvalue weighted by Gasteiger charge is 2.37. The van der Waals surface area contributed by atoms with Crippen LogP contribution >= 0.6 is 0 Å². The number of halogens is 6. The summed E-state index contributed by atoms with van der Waals surface area (Å²) >= 11 is 0. The molecule has 3 aromatic carbocycles. The van der Waals surface area contributed by atoms with Gasteiger partial charge < -0.3 is 33.6 Å². The molecule has 2 N–H and O–H groups in total. The van der Waals surface area contributed by atoms with Crippen molar-refractivity contribution in [2.45, 2.75) is 25.4 Å². The molecule has 338 valence electrons. The molecule has 2 saturated heterocycles. The Balaban J connectivity index is 1.44. The first-order valence-electron chi connectivity index (χ1n) is 19.4. The molecule has 0 aliphatic carbocycles. The fraction of sp³-hybridized carbons (Fsp3) is 0.390. The molecule has 2 aliphatic heterocycles. The van der Waals surface area contributed by atoms with E-state index in [9.17, 15) is 39.6 Å². The predicted octanol–water partition coefficient (Wildman–Crippen LogP) is 6.77. The summed E-state index contributed by atoms with van der Waals surface area (Å²) in [6.45, 7) is 4.39. The van der Waals surface area contributed by atoms with Gasteiger partial charge in [-0.05, 0) is 30.3 Å². The first kappa shape index (κ1) is 45.3. The molecule has 4 heterocycles. The van der Waals surface area contributed by atoms with Crippen LogP contribution in [0.25, 0.3) is 22.0 Å². The van der Waals surface area contributed by atoms with Gasteiger partial charge in [0, 0.05) is 74.1 Å². The number of aryl methyl sites for hydroxylation is 1. The average Bonchev–Trinajstić information content (AvgIpc) is 3.52. The maximum atomic E-state index is 14.8. The van der Waals surface area contributed by atoms with E-state index in [0.29, 0.717) is 83.4 Å². The Morgan fingerprint density at radius 1 is 0.825 bits per heavy atom. The van der Waals surface area contributed by atoms with Crippen molar-refractivity contribution in [3.63, 3.8) is 0 Å². The second kappa shape index (κ2) is 18.2. The predicted molar refractivity (Wildman–Crippen MR) is 219 cm³/mol. The molecule has 0 spiro atoms. The number of hydrogen-bond donors (Lipinski definition) is 2. The Bertz CT molecular complexity index is 2610. The van der Waals surface area contributed by atoms with Crippen LogP contribution in [0.2, 0.25) is 0 Å². The molecule has 0 saturated carbocycles. The Kier molecular flexibility index (Phi) is 13.1. The summed E-state index contributed by atoms with van der Waals surface area (Å²) < 4.78 is 144. The van der Waals surface area contributed by atoms with Crippen LogP contribution in [0.1, 0.15) is 33.0 Å². The van der Waals surface area contributed by atoms with Gasteiger partial charge in [-0.3, -0.25) is 19.3 Å². The van der Waals surface area contributed by atoms with Crippen molar-refractivity contribution in [1.82, 2.24) is 24.3 Å². The fourth-order valence-corrected chi connectivity index (χ4v) is 8.19. The third-order valence-corrected chi connectivity index (χ3v) is 11.0. The summed E-state index contributed by atoms with van der Waals surface area (Å²) in [7, 11) is -0.404. The molecule has 0 bridgehead atoms. The van der Waals surface area contributed by atoms with Crippen LogP contribution in [0.4, 0.5) is 37.7 Å². The molecular formula is C41H43F6N7O8S. The number of alkyl halides is 6. The summed E-state index contributed by atoms with van der Waals surface area (Å²) in [5, 5.41) is 2.63. The van der Waals surface area contributed by atoms with E-state index < -0.39 is 56.5 Å². The number of para-hydroxylation sites is 1. The summed E-state index contributed by atoms with van der Waals surface area (Å²) in [5.74, 6) is -0.924. The lowest BCUT2D eigenvalue weighted by Crippen LogP contribution is -2.36. The van der Waals surface area contributed by atoms with Crippen molar-refractivity contribution in [2.75, 3.05) is 83.1 Å². The van der Waals surface area contributed by atoms with E-state index >= 15 is 0 Å².